The maximum absolute atomic E-state index is 13.3. The Kier molecular flexibility index (Phi) is 5.11. The van der Waals surface area contributed by atoms with Gasteiger partial charge in [0.2, 0.25) is 0 Å². The van der Waals surface area contributed by atoms with Crippen LogP contribution in [0.5, 0.6) is 0 Å². The number of hydrogen-bond donors (Lipinski definition) is 0. The Morgan fingerprint density at radius 2 is 2.00 bits per heavy atom. The molecule has 7 heteroatoms. The third kappa shape index (κ3) is 3.11. The molecule has 2 rings (SSSR count). The molecule has 1 aliphatic rings. The summed E-state index contributed by atoms with van der Waals surface area (Å²) in [6, 6.07) is 1.76. The summed E-state index contributed by atoms with van der Waals surface area (Å²) in [6.45, 7) is 0. The lowest BCUT2D eigenvalue weighted by Gasteiger charge is -2.22. The molecule has 0 saturated heterocycles. The molecule has 0 N–H and O–H groups in total. The topological polar surface area (TPSA) is 38.7 Å². The second-order valence-corrected chi connectivity index (χ2v) is 5.51. The molecule has 3 nitrogen and oxygen atoms in total. The van der Waals surface area contributed by atoms with Crippen LogP contribution in [0.3, 0.4) is 0 Å². The highest BCUT2D eigenvalue weighted by molar-refractivity contribution is 6.17. The number of esters is 1. The minimum atomic E-state index is -1.52. The molecular weight excluding hydrogens is 319 g/mol. The van der Waals surface area contributed by atoms with Gasteiger partial charge in [0.25, 0.3) is 0 Å². The molecule has 1 aromatic carbocycles. The fourth-order valence-electron chi connectivity index (χ4n) is 2.61. The van der Waals surface area contributed by atoms with Crippen molar-refractivity contribution in [3.8, 4) is 0 Å². The number of nitrogens with zero attached hydrogens (tertiary/aromatic N) is 1. The first-order valence-corrected chi connectivity index (χ1v) is 7.35. The largest absolute Gasteiger partial charge is 0.467 e. The number of aliphatic imine (C=N–C) groups is 1. The summed E-state index contributed by atoms with van der Waals surface area (Å²) in [4.78, 5) is 16.4. The van der Waals surface area contributed by atoms with E-state index in [2.05, 4.69) is 4.99 Å². The van der Waals surface area contributed by atoms with E-state index in [0.717, 1.165) is 12.1 Å². The molecule has 1 aromatic rings. The van der Waals surface area contributed by atoms with Crippen LogP contribution in [0.15, 0.2) is 17.1 Å². The number of carbonyl (C=O) groups excluding carboxylic acids is 1. The lowest BCUT2D eigenvalue weighted by Crippen LogP contribution is -2.35. The van der Waals surface area contributed by atoms with Gasteiger partial charge in [-0.25, -0.2) is 18.0 Å². The zero-order valence-electron chi connectivity index (χ0n) is 12.0. The van der Waals surface area contributed by atoms with Gasteiger partial charge in [-0.1, -0.05) is 0 Å². The van der Waals surface area contributed by atoms with Gasteiger partial charge in [-0.15, -0.1) is 11.6 Å². The zero-order chi connectivity index (χ0) is 16.3. The molecule has 0 saturated carbocycles. The molecule has 0 radical (unpaired) electrons. The van der Waals surface area contributed by atoms with Gasteiger partial charge in [0.15, 0.2) is 23.0 Å². The Balaban J connectivity index is 2.38. The van der Waals surface area contributed by atoms with Gasteiger partial charge in [-0.3, -0.25) is 4.99 Å². The van der Waals surface area contributed by atoms with E-state index in [4.69, 9.17) is 16.3 Å². The maximum Gasteiger partial charge on any atom is 0.333 e. The number of carbonyl (C=O) groups is 1. The molecule has 0 amide bonds. The van der Waals surface area contributed by atoms with E-state index in [-0.39, 0.29) is 5.56 Å². The molecule has 1 atom stereocenters. The Morgan fingerprint density at radius 1 is 1.36 bits per heavy atom. The molecule has 0 fully saturated rings. The first-order chi connectivity index (χ1) is 10.4. The van der Waals surface area contributed by atoms with Gasteiger partial charge in [-0.2, -0.15) is 0 Å². The van der Waals surface area contributed by atoms with Crippen molar-refractivity contribution in [2.75, 3.05) is 13.0 Å². The first-order valence-electron chi connectivity index (χ1n) is 6.81. The van der Waals surface area contributed by atoms with Crippen LogP contribution >= 0.6 is 11.6 Å². The van der Waals surface area contributed by atoms with Gasteiger partial charge >= 0.3 is 5.97 Å². The SMILES string of the molecule is COC(=O)C1(CCCCl)CCC(c2cc(F)c(F)c(F)c2)=N1. The van der Waals surface area contributed by atoms with E-state index < -0.39 is 29.0 Å². The average molecular weight is 334 g/mol. The van der Waals surface area contributed by atoms with Crippen LogP contribution in [0.4, 0.5) is 13.2 Å². The molecule has 1 aliphatic heterocycles. The van der Waals surface area contributed by atoms with Crippen LogP contribution in [-0.4, -0.2) is 30.2 Å². The Bertz CT molecular complexity index is 598. The van der Waals surface area contributed by atoms with Crippen molar-refractivity contribution in [3.05, 3.63) is 35.1 Å². The Hall–Kier alpha value is -1.56. The number of methoxy groups -OCH3 is 1. The van der Waals surface area contributed by atoms with Crippen molar-refractivity contribution in [1.29, 1.82) is 0 Å². The van der Waals surface area contributed by atoms with Crippen LogP contribution < -0.4 is 0 Å². The molecule has 1 unspecified atom stereocenters. The van der Waals surface area contributed by atoms with Crippen molar-refractivity contribution in [1.82, 2.24) is 0 Å². The monoisotopic (exact) mass is 333 g/mol. The van der Waals surface area contributed by atoms with Gasteiger partial charge < -0.3 is 4.74 Å². The van der Waals surface area contributed by atoms with E-state index in [1.165, 1.54) is 7.11 Å². The van der Waals surface area contributed by atoms with Gasteiger partial charge in [-0.05, 0) is 37.8 Å². The van der Waals surface area contributed by atoms with Gasteiger partial charge in [0.05, 0.1) is 7.11 Å². The summed E-state index contributed by atoms with van der Waals surface area (Å²) in [5.41, 5.74) is -0.592. The molecule has 0 aromatic heterocycles. The summed E-state index contributed by atoms with van der Waals surface area (Å²) >= 11 is 5.66. The number of hydrogen-bond acceptors (Lipinski definition) is 3. The smallest absolute Gasteiger partial charge is 0.333 e. The van der Waals surface area contributed by atoms with Crippen LogP contribution in [0.1, 0.15) is 31.2 Å². The minimum Gasteiger partial charge on any atom is -0.467 e. The number of halogens is 4. The van der Waals surface area contributed by atoms with Crippen molar-refractivity contribution in [2.45, 2.75) is 31.2 Å². The Morgan fingerprint density at radius 3 is 2.55 bits per heavy atom. The van der Waals surface area contributed by atoms with Crippen LogP contribution in [0, 0.1) is 17.5 Å². The third-order valence-corrected chi connectivity index (χ3v) is 4.00. The summed E-state index contributed by atoms with van der Waals surface area (Å²) in [7, 11) is 1.26. The molecule has 120 valence electrons. The maximum atomic E-state index is 13.3. The number of benzene rings is 1. The van der Waals surface area contributed by atoms with Crippen LogP contribution in [0.2, 0.25) is 0 Å². The number of ether oxygens (including phenoxy) is 1. The highest BCUT2D eigenvalue weighted by Gasteiger charge is 2.43. The van der Waals surface area contributed by atoms with E-state index in [0.29, 0.717) is 37.3 Å². The zero-order valence-corrected chi connectivity index (χ0v) is 12.7. The normalized spacial score (nSPS) is 20.9. The fourth-order valence-corrected chi connectivity index (χ4v) is 2.74. The second kappa shape index (κ2) is 6.69. The van der Waals surface area contributed by atoms with E-state index >= 15 is 0 Å². The van der Waals surface area contributed by atoms with Crippen molar-refractivity contribution < 1.29 is 22.7 Å². The summed E-state index contributed by atoms with van der Waals surface area (Å²) in [6.07, 6.45) is 1.66. The quantitative estimate of drug-likeness (QED) is 0.469. The lowest BCUT2D eigenvalue weighted by atomic mass is 9.91. The highest BCUT2D eigenvalue weighted by atomic mass is 35.5. The highest BCUT2D eigenvalue weighted by Crippen LogP contribution is 2.34. The summed E-state index contributed by atoms with van der Waals surface area (Å²) in [5.74, 6) is -4.23. The lowest BCUT2D eigenvalue weighted by molar-refractivity contribution is -0.147. The average Bonchev–Trinajstić information content (AvgIpc) is 2.95. The van der Waals surface area contributed by atoms with Crippen LogP contribution in [-0.2, 0) is 9.53 Å². The van der Waals surface area contributed by atoms with Gasteiger partial charge in [0.1, 0.15) is 0 Å². The predicted molar refractivity (Wildman–Crippen MR) is 76.8 cm³/mol. The summed E-state index contributed by atoms with van der Waals surface area (Å²) < 4.78 is 44.5. The second-order valence-electron chi connectivity index (χ2n) is 5.13. The van der Waals surface area contributed by atoms with E-state index in [1.54, 1.807) is 0 Å². The molecular formula is C15H15ClF3NO2. The number of alkyl halides is 1. The summed E-state index contributed by atoms with van der Waals surface area (Å²) in [5, 5.41) is 0. The van der Waals surface area contributed by atoms with Crippen molar-refractivity contribution in [2.24, 2.45) is 4.99 Å². The van der Waals surface area contributed by atoms with E-state index in [9.17, 15) is 18.0 Å². The van der Waals surface area contributed by atoms with Crippen LogP contribution in [0.25, 0.3) is 0 Å². The molecule has 0 spiro atoms. The van der Waals surface area contributed by atoms with Gasteiger partial charge in [0, 0.05) is 17.2 Å². The minimum absolute atomic E-state index is 0.132. The first kappa shape index (κ1) is 16.8. The van der Waals surface area contributed by atoms with E-state index in [1.807, 2.05) is 0 Å². The van der Waals surface area contributed by atoms with Crippen molar-refractivity contribution in [3.63, 3.8) is 0 Å². The molecule has 22 heavy (non-hydrogen) atoms. The predicted octanol–water partition coefficient (Wildman–Crippen LogP) is 3.62. The third-order valence-electron chi connectivity index (χ3n) is 3.73. The fraction of sp³-hybridized carbons (Fsp3) is 0.467. The van der Waals surface area contributed by atoms with Crippen molar-refractivity contribution >= 4 is 23.3 Å². The number of rotatable bonds is 5. The Labute approximate surface area is 131 Å². The molecule has 1 heterocycles. The molecule has 0 aliphatic carbocycles. The molecule has 0 bridgehead atoms. The standard InChI is InChI=1S/C15H15ClF3NO2/c1-22-14(21)15(4-2-6-16)5-3-12(20-15)9-7-10(17)13(19)11(18)8-9/h7-8H,2-6H2,1H3.